The Kier molecular flexibility index (Phi) is 6.12. The van der Waals surface area contributed by atoms with E-state index in [1.165, 1.54) is 6.07 Å². The van der Waals surface area contributed by atoms with Crippen LogP contribution in [0.25, 0.3) is 11.1 Å². The van der Waals surface area contributed by atoms with Gasteiger partial charge in [0.05, 0.1) is 16.5 Å². The van der Waals surface area contributed by atoms with E-state index in [0.717, 1.165) is 24.2 Å². The van der Waals surface area contributed by atoms with E-state index in [1.807, 2.05) is 13.0 Å². The number of anilines is 1. The fourth-order valence-corrected chi connectivity index (χ4v) is 4.27. The summed E-state index contributed by atoms with van der Waals surface area (Å²) in [7, 11) is 0. The number of aromatic nitrogens is 1. The molecule has 1 heterocycles. The molecule has 1 saturated carbocycles. The number of amides is 1. The van der Waals surface area contributed by atoms with Gasteiger partial charge in [0.15, 0.2) is 0 Å². The van der Waals surface area contributed by atoms with Crippen LogP contribution in [0.15, 0.2) is 48.7 Å². The molecule has 0 saturated heterocycles. The van der Waals surface area contributed by atoms with Gasteiger partial charge in [0, 0.05) is 34.3 Å². The first-order valence-electron chi connectivity index (χ1n) is 11.0. The highest BCUT2D eigenvalue weighted by Gasteiger charge is 2.53. The lowest BCUT2D eigenvalue weighted by atomic mass is 9.92. The van der Waals surface area contributed by atoms with Crippen LogP contribution in [0.3, 0.4) is 0 Å². The molecular weight excluding hydrogens is 464 g/mol. The second-order valence-electron chi connectivity index (χ2n) is 8.64. The van der Waals surface area contributed by atoms with Gasteiger partial charge in [-0.2, -0.15) is 13.2 Å². The van der Waals surface area contributed by atoms with Gasteiger partial charge in [-0.15, -0.1) is 0 Å². The zero-order chi connectivity index (χ0) is 25.5. The number of carboxylic acids is 1. The van der Waals surface area contributed by atoms with E-state index in [9.17, 15) is 32.3 Å². The van der Waals surface area contributed by atoms with Crippen molar-refractivity contribution < 1.29 is 32.3 Å². The number of rotatable bonds is 6. The summed E-state index contributed by atoms with van der Waals surface area (Å²) in [6, 6.07) is 8.65. The van der Waals surface area contributed by atoms with Gasteiger partial charge in [-0.1, -0.05) is 19.1 Å². The topological polar surface area (TPSA) is 79.3 Å². The van der Waals surface area contributed by atoms with E-state index in [0.29, 0.717) is 22.8 Å². The van der Waals surface area contributed by atoms with Crippen molar-refractivity contribution in [3.63, 3.8) is 0 Å². The first kappa shape index (κ1) is 24.4. The molecule has 0 bridgehead atoms. The molecule has 0 spiro atoms. The molecule has 1 amide bonds. The number of nitrogens with zero attached hydrogens (tertiary/aromatic N) is 1. The van der Waals surface area contributed by atoms with Crippen molar-refractivity contribution in [2.45, 2.75) is 44.7 Å². The van der Waals surface area contributed by atoms with Gasteiger partial charge in [-0.3, -0.25) is 9.78 Å². The predicted molar refractivity (Wildman–Crippen MR) is 122 cm³/mol. The van der Waals surface area contributed by atoms with E-state index >= 15 is 0 Å². The average molecular weight is 486 g/mol. The minimum Gasteiger partial charge on any atom is -0.478 e. The molecule has 35 heavy (non-hydrogen) atoms. The van der Waals surface area contributed by atoms with Gasteiger partial charge in [0.25, 0.3) is 0 Å². The third-order valence-electron chi connectivity index (χ3n) is 6.30. The van der Waals surface area contributed by atoms with Crippen molar-refractivity contribution in [3.05, 3.63) is 82.4 Å². The Labute approximate surface area is 198 Å². The summed E-state index contributed by atoms with van der Waals surface area (Å²) in [4.78, 5) is 29.4. The Morgan fingerprint density at radius 2 is 1.83 bits per heavy atom. The van der Waals surface area contributed by atoms with Crippen LogP contribution in [0.2, 0.25) is 0 Å². The van der Waals surface area contributed by atoms with Gasteiger partial charge in [0.1, 0.15) is 5.82 Å². The van der Waals surface area contributed by atoms with E-state index in [2.05, 4.69) is 10.3 Å². The van der Waals surface area contributed by atoms with Crippen LogP contribution in [0.1, 0.15) is 52.5 Å². The summed E-state index contributed by atoms with van der Waals surface area (Å²) >= 11 is 0. The Morgan fingerprint density at radius 3 is 2.34 bits per heavy atom. The smallest absolute Gasteiger partial charge is 0.416 e. The third-order valence-corrected chi connectivity index (χ3v) is 6.30. The maximum absolute atomic E-state index is 14.6. The monoisotopic (exact) mass is 486 g/mol. The van der Waals surface area contributed by atoms with Crippen LogP contribution in [0.5, 0.6) is 0 Å². The first-order chi connectivity index (χ1) is 16.5. The molecule has 1 aliphatic carbocycles. The number of aromatic carboxylic acids is 1. The Bertz CT molecular complexity index is 1310. The predicted octanol–water partition coefficient (Wildman–Crippen LogP) is 6.15. The zero-order valence-corrected chi connectivity index (χ0v) is 19.0. The molecule has 0 atom stereocenters. The van der Waals surface area contributed by atoms with Crippen LogP contribution in [0, 0.1) is 12.7 Å². The number of hydrogen-bond donors (Lipinski definition) is 2. The molecule has 4 rings (SSSR count). The van der Waals surface area contributed by atoms with Gasteiger partial charge >= 0.3 is 12.1 Å². The van der Waals surface area contributed by atoms with Crippen molar-refractivity contribution in [3.8, 4) is 11.1 Å². The Hall–Kier alpha value is -3.75. The maximum Gasteiger partial charge on any atom is 0.416 e. The number of carboxylic acid groups (broad SMARTS) is 1. The SMILES string of the molecule is CCc1ccc(-c2c(C)cc(NC(=O)C3(c4ccc(C(F)(F)F)cc4F)CC3)cc2C(=O)O)cn1. The van der Waals surface area contributed by atoms with Crippen LogP contribution >= 0.6 is 0 Å². The van der Waals surface area contributed by atoms with Crippen molar-refractivity contribution >= 4 is 17.6 Å². The van der Waals surface area contributed by atoms with Crippen molar-refractivity contribution in [2.75, 3.05) is 5.32 Å². The van der Waals surface area contributed by atoms with Crippen molar-refractivity contribution in [1.82, 2.24) is 4.98 Å². The van der Waals surface area contributed by atoms with Gasteiger partial charge in [0.2, 0.25) is 5.91 Å². The summed E-state index contributed by atoms with van der Waals surface area (Å²) in [6.07, 6.45) is -1.84. The van der Waals surface area contributed by atoms with Gasteiger partial charge in [-0.25, -0.2) is 9.18 Å². The summed E-state index contributed by atoms with van der Waals surface area (Å²) in [5.41, 5.74) is 0.118. The number of halogens is 4. The lowest BCUT2D eigenvalue weighted by Gasteiger charge is -2.19. The van der Waals surface area contributed by atoms with E-state index in [4.69, 9.17) is 0 Å². The summed E-state index contributed by atoms with van der Waals surface area (Å²) in [5.74, 6) is -2.91. The quantitative estimate of drug-likeness (QED) is 0.410. The molecule has 1 aromatic heterocycles. The first-order valence-corrected chi connectivity index (χ1v) is 11.0. The molecule has 2 N–H and O–H groups in total. The maximum atomic E-state index is 14.6. The lowest BCUT2D eigenvalue weighted by molar-refractivity contribution is -0.137. The normalized spacial score (nSPS) is 14.5. The fourth-order valence-electron chi connectivity index (χ4n) is 4.27. The van der Waals surface area contributed by atoms with Crippen molar-refractivity contribution in [1.29, 1.82) is 0 Å². The largest absolute Gasteiger partial charge is 0.478 e. The number of pyridine rings is 1. The Morgan fingerprint density at radius 1 is 1.11 bits per heavy atom. The van der Waals surface area contributed by atoms with E-state index in [-0.39, 0.29) is 29.7 Å². The number of hydrogen-bond acceptors (Lipinski definition) is 3. The number of carbonyl (C=O) groups excluding carboxylic acids is 1. The third kappa shape index (κ3) is 4.62. The molecule has 5 nitrogen and oxygen atoms in total. The molecule has 1 fully saturated rings. The molecule has 0 radical (unpaired) electrons. The fraction of sp³-hybridized carbons (Fsp3) is 0.269. The number of aryl methyl sites for hydroxylation is 2. The highest BCUT2D eigenvalue weighted by atomic mass is 19.4. The summed E-state index contributed by atoms with van der Waals surface area (Å²) < 4.78 is 53.3. The molecule has 3 aromatic rings. The summed E-state index contributed by atoms with van der Waals surface area (Å²) in [5, 5.41) is 12.5. The van der Waals surface area contributed by atoms with Gasteiger partial charge in [-0.05, 0) is 62.1 Å². The molecule has 1 aliphatic rings. The summed E-state index contributed by atoms with van der Waals surface area (Å²) in [6.45, 7) is 3.66. The number of benzene rings is 2. The number of alkyl halides is 3. The zero-order valence-electron chi connectivity index (χ0n) is 19.0. The standard InChI is InChI=1S/C26H22F4N2O3/c1-3-17-6-4-15(13-31-17)22-14(2)10-18(12-19(22)23(33)34)32-24(35)25(8-9-25)20-7-5-16(11-21(20)27)26(28,29)30/h4-7,10-13H,3,8-9H2,1-2H3,(H,32,35)(H,33,34). The molecular formula is C26H22F4N2O3. The Balaban J connectivity index is 1.65. The molecule has 2 aromatic carbocycles. The minimum atomic E-state index is -4.70. The van der Waals surface area contributed by atoms with Gasteiger partial charge < -0.3 is 10.4 Å². The van der Waals surface area contributed by atoms with Crippen molar-refractivity contribution in [2.24, 2.45) is 0 Å². The van der Waals surface area contributed by atoms with E-state index < -0.39 is 34.8 Å². The average Bonchev–Trinajstić information content (AvgIpc) is 3.60. The molecule has 0 unspecified atom stereocenters. The highest BCUT2D eigenvalue weighted by Crippen LogP contribution is 2.50. The molecule has 0 aliphatic heterocycles. The van der Waals surface area contributed by atoms with E-state index in [1.54, 1.807) is 25.3 Å². The second kappa shape index (κ2) is 8.79. The lowest BCUT2D eigenvalue weighted by Crippen LogP contribution is -2.29. The molecule has 182 valence electrons. The number of carbonyl (C=O) groups is 2. The number of nitrogens with one attached hydrogen (secondary N) is 1. The van der Waals surface area contributed by atoms with Crippen LogP contribution in [-0.4, -0.2) is 22.0 Å². The highest BCUT2D eigenvalue weighted by molar-refractivity contribution is 6.04. The van der Waals surface area contributed by atoms with Crippen LogP contribution < -0.4 is 5.32 Å². The van der Waals surface area contributed by atoms with Crippen LogP contribution in [-0.2, 0) is 22.8 Å². The minimum absolute atomic E-state index is 0.0445. The molecule has 9 heteroatoms. The second-order valence-corrected chi connectivity index (χ2v) is 8.64. The van der Waals surface area contributed by atoms with Crippen LogP contribution in [0.4, 0.5) is 23.2 Å².